The molecule has 35 heavy (non-hydrogen) atoms. The third kappa shape index (κ3) is 3.72. The maximum atomic E-state index is 15.1. The Morgan fingerprint density at radius 2 is 1.69 bits per heavy atom. The lowest BCUT2D eigenvalue weighted by atomic mass is 9.93. The quantitative estimate of drug-likeness (QED) is 0.209. The molecule has 4 aromatic carbocycles. The minimum Gasteiger partial charge on any atom is -0.507 e. The summed E-state index contributed by atoms with van der Waals surface area (Å²) in [7, 11) is 1.45. The Morgan fingerprint density at radius 3 is 2.43 bits per heavy atom. The average Bonchev–Trinajstić information content (AvgIpc) is 3.13. The smallest absolute Gasteiger partial charge is 0.300 e. The molecule has 1 unspecified atom stereocenters. The summed E-state index contributed by atoms with van der Waals surface area (Å²) < 4.78 is 20.3. The van der Waals surface area contributed by atoms with E-state index in [1.807, 2.05) is 30.3 Å². The summed E-state index contributed by atoms with van der Waals surface area (Å²) in [5.74, 6) is -2.44. The highest BCUT2D eigenvalue weighted by atomic mass is 35.5. The van der Waals surface area contributed by atoms with Crippen LogP contribution in [0.4, 0.5) is 10.1 Å². The van der Waals surface area contributed by atoms with Crippen LogP contribution < -0.4 is 9.64 Å². The number of ketones is 1. The molecule has 1 fully saturated rings. The van der Waals surface area contributed by atoms with Crippen molar-refractivity contribution in [1.29, 1.82) is 0 Å². The molecule has 0 saturated carbocycles. The summed E-state index contributed by atoms with van der Waals surface area (Å²) in [6.07, 6.45) is 0. The van der Waals surface area contributed by atoms with E-state index >= 15 is 4.39 Å². The maximum absolute atomic E-state index is 15.1. The van der Waals surface area contributed by atoms with Gasteiger partial charge in [-0.15, -0.1) is 0 Å². The third-order valence-corrected chi connectivity index (χ3v) is 6.40. The van der Waals surface area contributed by atoms with E-state index in [-0.39, 0.29) is 27.6 Å². The van der Waals surface area contributed by atoms with Gasteiger partial charge in [-0.25, -0.2) is 4.39 Å². The number of aliphatic hydroxyl groups excluding tert-OH is 1. The number of benzene rings is 4. The van der Waals surface area contributed by atoms with Crippen LogP contribution >= 0.6 is 11.6 Å². The van der Waals surface area contributed by atoms with E-state index in [4.69, 9.17) is 16.3 Å². The average molecular weight is 488 g/mol. The summed E-state index contributed by atoms with van der Waals surface area (Å²) >= 11 is 6.29. The molecule has 174 valence electrons. The Kier molecular flexibility index (Phi) is 5.75. The molecule has 0 bridgehead atoms. The van der Waals surface area contributed by atoms with Crippen molar-refractivity contribution in [1.82, 2.24) is 0 Å². The molecule has 7 heteroatoms. The van der Waals surface area contributed by atoms with E-state index in [1.165, 1.54) is 31.4 Å². The molecule has 0 aliphatic carbocycles. The van der Waals surface area contributed by atoms with Gasteiger partial charge < -0.3 is 9.84 Å². The largest absolute Gasteiger partial charge is 0.507 e. The number of hydrogen-bond acceptors (Lipinski definition) is 4. The zero-order chi connectivity index (χ0) is 24.7. The van der Waals surface area contributed by atoms with Gasteiger partial charge in [-0.05, 0) is 35.0 Å². The Bertz CT molecular complexity index is 1530. The Morgan fingerprint density at radius 1 is 0.971 bits per heavy atom. The van der Waals surface area contributed by atoms with Crippen LogP contribution in [-0.4, -0.2) is 23.9 Å². The normalized spacial score (nSPS) is 17.2. The van der Waals surface area contributed by atoms with Crippen LogP contribution in [0.25, 0.3) is 16.5 Å². The lowest BCUT2D eigenvalue weighted by Gasteiger charge is -2.26. The molecule has 1 aliphatic rings. The monoisotopic (exact) mass is 487 g/mol. The number of nitrogens with zero attached hydrogens (tertiary/aromatic N) is 1. The van der Waals surface area contributed by atoms with Gasteiger partial charge in [0.05, 0.1) is 23.7 Å². The zero-order valence-corrected chi connectivity index (χ0v) is 19.3. The number of Topliss-reactive ketones (excluding diaryl/α,β-unsaturated/α-hetero) is 1. The fraction of sp³-hybridized carbons (Fsp3) is 0.0714. The minimum absolute atomic E-state index is 0.0698. The molecule has 1 amide bonds. The predicted octanol–water partition coefficient (Wildman–Crippen LogP) is 6.27. The van der Waals surface area contributed by atoms with E-state index in [2.05, 4.69) is 0 Å². The molecular weight excluding hydrogens is 469 g/mol. The first-order chi connectivity index (χ1) is 16.9. The van der Waals surface area contributed by atoms with E-state index in [0.717, 1.165) is 10.3 Å². The summed E-state index contributed by atoms with van der Waals surface area (Å²) in [4.78, 5) is 27.8. The number of amides is 1. The molecular formula is C28H19ClFNO4. The number of hydrogen-bond donors (Lipinski definition) is 1. The number of ether oxygens (including phenoxy) is 1. The second-order valence-corrected chi connectivity index (χ2v) is 8.44. The SMILES string of the molecule is COc1ccc(N2C(=O)C(=O)/C(=C(/O)c3cccc4ccccc34)C2c2ccccc2F)cc1Cl. The first-order valence-corrected chi connectivity index (χ1v) is 11.2. The van der Waals surface area contributed by atoms with Gasteiger partial charge in [0.25, 0.3) is 11.7 Å². The van der Waals surface area contributed by atoms with Crippen molar-refractivity contribution in [2.24, 2.45) is 0 Å². The number of methoxy groups -OCH3 is 1. The van der Waals surface area contributed by atoms with Crippen molar-refractivity contribution in [3.8, 4) is 5.75 Å². The Labute approximate surface area is 205 Å². The fourth-order valence-electron chi connectivity index (χ4n) is 4.47. The van der Waals surface area contributed by atoms with Gasteiger partial charge in [0.15, 0.2) is 0 Å². The number of carbonyl (C=O) groups is 2. The van der Waals surface area contributed by atoms with Crippen molar-refractivity contribution in [3.05, 3.63) is 112 Å². The Balaban J connectivity index is 1.78. The van der Waals surface area contributed by atoms with Gasteiger partial charge in [-0.1, -0.05) is 72.3 Å². The fourth-order valence-corrected chi connectivity index (χ4v) is 4.72. The topological polar surface area (TPSA) is 66.8 Å². The minimum atomic E-state index is -1.21. The molecule has 0 spiro atoms. The molecule has 5 rings (SSSR count). The van der Waals surface area contributed by atoms with Crippen LogP contribution in [0.5, 0.6) is 5.75 Å². The van der Waals surface area contributed by atoms with Crippen molar-refractivity contribution < 1.29 is 23.8 Å². The van der Waals surface area contributed by atoms with Crippen LogP contribution in [0.3, 0.4) is 0 Å². The third-order valence-electron chi connectivity index (χ3n) is 6.10. The van der Waals surface area contributed by atoms with Gasteiger partial charge in [-0.3, -0.25) is 14.5 Å². The van der Waals surface area contributed by atoms with Gasteiger partial charge in [-0.2, -0.15) is 0 Å². The van der Waals surface area contributed by atoms with E-state index in [9.17, 15) is 14.7 Å². The van der Waals surface area contributed by atoms with Gasteiger partial charge in [0, 0.05) is 16.8 Å². The van der Waals surface area contributed by atoms with E-state index in [0.29, 0.717) is 16.7 Å². The Hall–Kier alpha value is -4.16. The maximum Gasteiger partial charge on any atom is 0.300 e. The highest BCUT2D eigenvalue weighted by Crippen LogP contribution is 2.44. The molecule has 1 saturated heterocycles. The van der Waals surface area contributed by atoms with Gasteiger partial charge in [0.1, 0.15) is 17.3 Å². The second kappa shape index (κ2) is 8.89. The second-order valence-electron chi connectivity index (χ2n) is 8.04. The number of aliphatic hydroxyl groups is 1. The first kappa shape index (κ1) is 22.6. The van der Waals surface area contributed by atoms with Crippen LogP contribution in [0.2, 0.25) is 5.02 Å². The molecule has 0 aromatic heterocycles. The zero-order valence-electron chi connectivity index (χ0n) is 18.5. The van der Waals surface area contributed by atoms with Gasteiger partial charge in [0.2, 0.25) is 0 Å². The molecule has 5 nitrogen and oxygen atoms in total. The van der Waals surface area contributed by atoms with Crippen LogP contribution in [0.1, 0.15) is 17.2 Å². The molecule has 0 radical (unpaired) electrons. The lowest BCUT2D eigenvalue weighted by molar-refractivity contribution is -0.132. The van der Waals surface area contributed by atoms with Crippen LogP contribution in [0.15, 0.2) is 90.5 Å². The van der Waals surface area contributed by atoms with Gasteiger partial charge >= 0.3 is 0 Å². The van der Waals surface area contributed by atoms with Crippen molar-refractivity contribution in [2.45, 2.75) is 6.04 Å². The number of fused-ring (bicyclic) bond motifs is 1. The number of carbonyl (C=O) groups excluding carboxylic acids is 2. The van der Waals surface area contributed by atoms with Crippen LogP contribution in [-0.2, 0) is 9.59 Å². The molecule has 1 heterocycles. The molecule has 1 aliphatic heterocycles. The van der Waals surface area contributed by atoms with Crippen molar-refractivity contribution in [3.63, 3.8) is 0 Å². The van der Waals surface area contributed by atoms with Crippen molar-refractivity contribution >= 4 is 45.5 Å². The summed E-state index contributed by atoms with van der Waals surface area (Å²) in [6.45, 7) is 0. The summed E-state index contributed by atoms with van der Waals surface area (Å²) in [5, 5.41) is 13.2. The molecule has 1 atom stereocenters. The van der Waals surface area contributed by atoms with Crippen molar-refractivity contribution in [2.75, 3.05) is 12.0 Å². The van der Waals surface area contributed by atoms with Crippen LogP contribution in [0, 0.1) is 5.82 Å². The summed E-state index contributed by atoms with van der Waals surface area (Å²) in [6, 6.07) is 21.9. The first-order valence-electron chi connectivity index (χ1n) is 10.8. The van der Waals surface area contributed by atoms with E-state index in [1.54, 1.807) is 30.3 Å². The number of rotatable bonds is 4. The standard InChI is InChI=1S/C28H19ClFNO4/c1-35-23-14-13-17(15-21(23)29)31-25(20-10-4-5-12-22(20)30)24(27(33)28(31)34)26(32)19-11-6-8-16-7-2-3-9-18(16)19/h2-15,25,32H,1H3/b26-24+. The predicted molar refractivity (Wildman–Crippen MR) is 133 cm³/mol. The molecule has 4 aromatic rings. The summed E-state index contributed by atoms with van der Waals surface area (Å²) in [5.41, 5.74) is 0.502. The highest BCUT2D eigenvalue weighted by molar-refractivity contribution is 6.52. The highest BCUT2D eigenvalue weighted by Gasteiger charge is 2.48. The number of anilines is 1. The number of halogens is 2. The molecule has 1 N–H and O–H groups in total. The lowest BCUT2D eigenvalue weighted by Crippen LogP contribution is -2.29. The van der Waals surface area contributed by atoms with E-state index < -0.39 is 23.5 Å².